The number of imidazole rings is 1. The van der Waals surface area contributed by atoms with Gasteiger partial charge in [-0.1, -0.05) is 30.3 Å². The molecule has 5 aromatic rings. The Bertz CT molecular complexity index is 1950. The quantitative estimate of drug-likeness (QED) is 0.0587. The van der Waals surface area contributed by atoms with Gasteiger partial charge in [-0.15, -0.1) is 5.11 Å². The molecule has 13 nitrogen and oxygen atoms in total. The second-order valence-corrected chi connectivity index (χ2v) is 11.2. The van der Waals surface area contributed by atoms with Crippen molar-refractivity contribution < 1.29 is 27.5 Å². The Morgan fingerprint density at radius 2 is 1.90 bits per heavy atom. The number of carbonyl (C=O) groups is 2. The molecule has 2 N–H and O–H groups in total. The Labute approximate surface area is 273 Å². The predicted molar refractivity (Wildman–Crippen MR) is 170 cm³/mol. The average molecular weight is 656 g/mol. The van der Waals surface area contributed by atoms with Gasteiger partial charge in [-0.25, -0.2) is 15.5 Å². The summed E-state index contributed by atoms with van der Waals surface area (Å²) < 4.78 is 38.4. The maximum Gasteiger partial charge on any atom is 0.320 e. The van der Waals surface area contributed by atoms with Crippen LogP contribution in [0.25, 0.3) is 33.8 Å². The summed E-state index contributed by atoms with van der Waals surface area (Å²) in [4.78, 5) is 39.2. The lowest BCUT2D eigenvalue weighted by molar-refractivity contribution is -0.139. The van der Waals surface area contributed by atoms with Crippen LogP contribution in [0.15, 0.2) is 94.0 Å². The zero-order valence-corrected chi connectivity index (χ0v) is 25.8. The zero-order valence-electron chi connectivity index (χ0n) is 25.8. The third-order valence-electron chi connectivity index (χ3n) is 8.11. The van der Waals surface area contributed by atoms with E-state index in [1.54, 1.807) is 35.2 Å². The van der Waals surface area contributed by atoms with Crippen LogP contribution in [0.5, 0.6) is 0 Å². The van der Waals surface area contributed by atoms with Gasteiger partial charge in [0.25, 0.3) is 5.91 Å². The summed E-state index contributed by atoms with van der Waals surface area (Å²) in [5.41, 5.74) is 14.0. The molecule has 1 fully saturated rings. The van der Waals surface area contributed by atoms with Gasteiger partial charge < -0.3 is 19.5 Å². The van der Waals surface area contributed by atoms with E-state index in [4.69, 9.17) is 14.7 Å². The SMILES string of the molecule is CC(=O)OC/C(N=N)=N/N[C@H](c1ccccc1)C1CCN(C(=O)c2cc(-c3nc4cc(-c5cncn5C(F)F)ccc4o3)ccn2)CC1. The fraction of sp³-hybridized carbons (Fsp3) is 0.273. The summed E-state index contributed by atoms with van der Waals surface area (Å²) in [6.45, 7) is -0.717. The van der Waals surface area contributed by atoms with Crippen LogP contribution in [0, 0.1) is 11.4 Å². The molecule has 0 saturated carbocycles. The van der Waals surface area contributed by atoms with Crippen LogP contribution in [-0.4, -0.2) is 61.8 Å². The Balaban J connectivity index is 1.15. The third kappa shape index (κ3) is 7.09. The molecular formula is C33H31F2N9O4. The number of fused-ring (bicyclic) bond motifs is 1. The van der Waals surface area contributed by atoms with Crippen molar-refractivity contribution in [3.8, 4) is 22.7 Å². The first-order valence-electron chi connectivity index (χ1n) is 15.1. The van der Waals surface area contributed by atoms with Gasteiger partial charge in [-0.2, -0.15) is 13.9 Å². The lowest BCUT2D eigenvalue weighted by Gasteiger charge is -2.36. The van der Waals surface area contributed by atoms with Crippen molar-refractivity contribution in [1.29, 1.82) is 5.53 Å². The van der Waals surface area contributed by atoms with Crippen LogP contribution in [0.4, 0.5) is 8.78 Å². The lowest BCUT2D eigenvalue weighted by Crippen LogP contribution is -2.41. The van der Waals surface area contributed by atoms with E-state index in [0.717, 1.165) is 16.5 Å². The maximum absolute atomic E-state index is 13.6. The van der Waals surface area contributed by atoms with Crippen LogP contribution < -0.4 is 5.43 Å². The molecule has 6 rings (SSSR count). The van der Waals surface area contributed by atoms with Crippen LogP contribution in [0.2, 0.25) is 0 Å². The molecule has 1 aliphatic rings. The monoisotopic (exact) mass is 655 g/mol. The maximum atomic E-state index is 13.6. The largest absolute Gasteiger partial charge is 0.457 e. The number of nitrogens with one attached hydrogen (secondary N) is 2. The number of aromatic nitrogens is 4. The summed E-state index contributed by atoms with van der Waals surface area (Å²) in [6, 6.07) is 17.8. The second kappa shape index (κ2) is 14.3. The van der Waals surface area contributed by atoms with Crippen molar-refractivity contribution in [3.05, 3.63) is 90.6 Å². The number of halogens is 2. The van der Waals surface area contributed by atoms with Crippen molar-refractivity contribution >= 4 is 28.8 Å². The van der Waals surface area contributed by atoms with Crippen molar-refractivity contribution in [3.63, 3.8) is 0 Å². The molecule has 3 aromatic heterocycles. The fourth-order valence-electron chi connectivity index (χ4n) is 5.68. The number of likely N-dealkylation sites (tertiary alicyclic amines) is 1. The molecule has 1 amide bonds. The van der Waals surface area contributed by atoms with E-state index in [-0.39, 0.29) is 47.6 Å². The smallest absolute Gasteiger partial charge is 0.320 e. The molecule has 1 aliphatic heterocycles. The number of amidine groups is 1. The summed E-state index contributed by atoms with van der Waals surface area (Å²) in [5, 5.41) is 7.61. The topological polar surface area (TPSA) is 164 Å². The highest BCUT2D eigenvalue weighted by atomic mass is 19.3. The molecule has 4 heterocycles. The van der Waals surface area contributed by atoms with Gasteiger partial charge in [0.1, 0.15) is 11.2 Å². The van der Waals surface area contributed by atoms with Crippen molar-refractivity contribution in [2.75, 3.05) is 19.7 Å². The minimum atomic E-state index is -2.73. The van der Waals surface area contributed by atoms with Gasteiger partial charge in [0.2, 0.25) is 11.7 Å². The standard InChI is InChI=1S/C33H31F2N9O4/c1-20(45)47-18-29(40-36)41-42-30(21-5-3-2-4-6-21)22-10-13-43(14-11-22)32(46)26-16-24(9-12-38-26)31-39-25-15-23(7-8-28(25)48-31)27-17-37-19-44(27)33(34)35/h2-9,12,15-17,19,22,30,33,36,42H,10-11,13-14,18H2,1H3/b40-36?,41-29-/t30-/m1/s1. The van der Waals surface area contributed by atoms with Crippen molar-refractivity contribution in [2.45, 2.75) is 32.4 Å². The van der Waals surface area contributed by atoms with Crippen LogP contribution in [0.3, 0.4) is 0 Å². The number of pyridine rings is 1. The molecule has 1 saturated heterocycles. The fourth-order valence-corrected chi connectivity index (χ4v) is 5.68. The summed E-state index contributed by atoms with van der Waals surface area (Å²) in [5.74, 6) is -0.324. The normalized spacial score (nSPS) is 14.7. The number of alkyl halides is 2. The van der Waals surface area contributed by atoms with Gasteiger partial charge in [0.05, 0.1) is 24.3 Å². The first kappa shape index (κ1) is 32.1. The number of amides is 1. The molecule has 48 heavy (non-hydrogen) atoms. The van der Waals surface area contributed by atoms with E-state index in [1.165, 1.54) is 19.3 Å². The number of hydrogen-bond acceptors (Lipinski definition) is 10. The molecule has 0 radical (unpaired) electrons. The number of carbonyl (C=O) groups excluding carboxylic acids is 2. The minimum absolute atomic E-state index is 0.0308. The summed E-state index contributed by atoms with van der Waals surface area (Å²) in [7, 11) is 0. The van der Waals surface area contributed by atoms with Crippen molar-refractivity contribution in [1.82, 2.24) is 29.8 Å². The molecule has 0 unspecified atom stereocenters. The number of hydrogen-bond donors (Lipinski definition) is 2. The van der Waals surface area contributed by atoms with E-state index in [0.29, 0.717) is 48.2 Å². The highest BCUT2D eigenvalue weighted by molar-refractivity contribution is 5.93. The third-order valence-corrected chi connectivity index (χ3v) is 8.11. The average Bonchev–Trinajstić information content (AvgIpc) is 3.78. The summed E-state index contributed by atoms with van der Waals surface area (Å²) >= 11 is 0. The van der Waals surface area contributed by atoms with Crippen LogP contribution in [0.1, 0.15) is 48.4 Å². The molecule has 2 aromatic carbocycles. The highest BCUT2D eigenvalue weighted by Gasteiger charge is 2.30. The Morgan fingerprint density at radius 1 is 1.10 bits per heavy atom. The predicted octanol–water partition coefficient (Wildman–Crippen LogP) is 6.24. The molecule has 1 atom stereocenters. The minimum Gasteiger partial charge on any atom is -0.457 e. The number of rotatable bonds is 10. The lowest BCUT2D eigenvalue weighted by atomic mass is 9.85. The van der Waals surface area contributed by atoms with Gasteiger partial charge in [0.15, 0.2) is 12.2 Å². The molecule has 246 valence electrons. The van der Waals surface area contributed by atoms with Crippen LogP contribution in [-0.2, 0) is 9.53 Å². The number of hydrazone groups is 1. The number of nitrogens with zero attached hydrogens (tertiary/aromatic N) is 7. The summed E-state index contributed by atoms with van der Waals surface area (Å²) in [6.07, 6.45) is 5.30. The van der Waals surface area contributed by atoms with Gasteiger partial charge >= 0.3 is 12.5 Å². The molecule has 15 heteroatoms. The Morgan fingerprint density at radius 3 is 2.62 bits per heavy atom. The molecule has 0 bridgehead atoms. The van der Waals surface area contributed by atoms with E-state index >= 15 is 0 Å². The van der Waals surface area contributed by atoms with Gasteiger partial charge in [-0.05, 0) is 54.7 Å². The number of oxazole rings is 1. The zero-order chi connectivity index (χ0) is 33.6. The second-order valence-electron chi connectivity index (χ2n) is 11.2. The van der Waals surface area contributed by atoms with Gasteiger partial charge in [0, 0.05) is 37.3 Å². The Kier molecular flexibility index (Phi) is 9.55. The highest BCUT2D eigenvalue weighted by Crippen LogP contribution is 2.33. The van der Waals surface area contributed by atoms with E-state index in [1.807, 2.05) is 30.3 Å². The first-order chi connectivity index (χ1) is 23.3. The van der Waals surface area contributed by atoms with E-state index in [9.17, 15) is 18.4 Å². The number of benzene rings is 2. The van der Waals surface area contributed by atoms with E-state index < -0.39 is 12.5 Å². The number of ether oxygens (including phenoxy) is 1. The van der Waals surface area contributed by atoms with E-state index in [2.05, 4.69) is 30.6 Å². The van der Waals surface area contributed by atoms with Crippen molar-refractivity contribution in [2.24, 2.45) is 16.1 Å². The Hall–Kier alpha value is -5.86. The number of esters is 1. The van der Waals surface area contributed by atoms with Crippen LogP contribution >= 0.6 is 0 Å². The molecule has 0 spiro atoms. The number of piperidine rings is 1. The van der Waals surface area contributed by atoms with Gasteiger partial charge in [-0.3, -0.25) is 19.1 Å². The first-order valence-corrected chi connectivity index (χ1v) is 15.1. The molecule has 0 aliphatic carbocycles. The molecular weight excluding hydrogens is 624 g/mol.